The van der Waals surface area contributed by atoms with Gasteiger partial charge < -0.3 is 15.2 Å². The summed E-state index contributed by atoms with van der Waals surface area (Å²) < 4.78 is 2.04. The van der Waals surface area contributed by atoms with Gasteiger partial charge in [0.25, 0.3) is 0 Å². The lowest BCUT2D eigenvalue weighted by atomic mass is 10.5. The minimum atomic E-state index is 0.853. The standard InChI is InChI=1S/C11H21N5/c1-3-5-14-11(13-4-2)15-7-9-16-8-6-12-10-16/h6,8,10H,3-5,7,9H2,1-2H3,(H2,13,14,15). The van der Waals surface area contributed by atoms with Crippen molar-refractivity contribution in [2.24, 2.45) is 4.99 Å². The Kier molecular flexibility index (Phi) is 6.06. The SMILES string of the molecule is CCCN=C(NCC)NCCn1ccnc1. The first-order valence-corrected chi connectivity index (χ1v) is 5.84. The fraction of sp³-hybridized carbons (Fsp3) is 0.636. The molecule has 1 aromatic heterocycles. The second kappa shape index (κ2) is 7.73. The molecule has 2 N–H and O–H groups in total. The van der Waals surface area contributed by atoms with Crippen LogP contribution in [-0.4, -0.2) is 35.1 Å². The Morgan fingerprint density at radius 2 is 2.25 bits per heavy atom. The van der Waals surface area contributed by atoms with Gasteiger partial charge in [-0.3, -0.25) is 4.99 Å². The first-order valence-electron chi connectivity index (χ1n) is 5.84. The molecule has 0 radical (unpaired) electrons. The number of hydrogen-bond acceptors (Lipinski definition) is 2. The minimum absolute atomic E-state index is 0.853. The number of nitrogens with one attached hydrogen (secondary N) is 2. The number of imidazole rings is 1. The van der Waals surface area contributed by atoms with Gasteiger partial charge in [-0.05, 0) is 13.3 Å². The fourth-order valence-electron chi connectivity index (χ4n) is 1.29. The number of rotatable bonds is 6. The molecule has 0 aliphatic heterocycles. The lowest BCUT2D eigenvalue weighted by Gasteiger charge is -2.11. The molecule has 0 bridgehead atoms. The number of nitrogens with zero attached hydrogens (tertiary/aromatic N) is 3. The highest BCUT2D eigenvalue weighted by Gasteiger charge is 1.95. The van der Waals surface area contributed by atoms with Crippen LogP contribution in [0.4, 0.5) is 0 Å². The lowest BCUT2D eigenvalue weighted by Crippen LogP contribution is -2.38. The lowest BCUT2D eigenvalue weighted by molar-refractivity contribution is 0.661. The summed E-state index contributed by atoms with van der Waals surface area (Å²) in [7, 11) is 0. The van der Waals surface area contributed by atoms with Crippen molar-refractivity contribution in [2.75, 3.05) is 19.6 Å². The van der Waals surface area contributed by atoms with Crippen molar-refractivity contribution >= 4 is 5.96 Å². The second-order valence-electron chi connectivity index (χ2n) is 3.49. The molecule has 0 saturated heterocycles. The number of aromatic nitrogens is 2. The molecular formula is C11H21N5. The van der Waals surface area contributed by atoms with Crippen molar-refractivity contribution in [3.8, 4) is 0 Å². The summed E-state index contributed by atoms with van der Waals surface area (Å²) in [5.41, 5.74) is 0. The Morgan fingerprint density at radius 1 is 1.38 bits per heavy atom. The van der Waals surface area contributed by atoms with E-state index in [9.17, 15) is 0 Å². The maximum Gasteiger partial charge on any atom is 0.191 e. The van der Waals surface area contributed by atoms with Gasteiger partial charge in [0.2, 0.25) is 0 Å². The zero-order valence-electron chi connectivity index (χ0n) is 10.1. The van der Waals surface area contributed by atoms with Crippen molar-refractivity contribution in [1.29, 1.82) is 0 Å². The summed E-state index contributed by atoms with van der Waals surface area (Å²) >= 11 is 0. The van der Waals surface area contributed by atoms with Crippen LogP contribution in [0.5, 0.6) is 0 Å². The summed E-state index contributed by atoms with van der Waals surface area (Å²) in [6.45, 7) is 7.70. The Morgan fingerprint density at radius 3 is 2.88 bits per heavy atom. The average molecular weight is 223 g/mol. The molecule has 90 valence electrons. The van der Waals surface area contributed by atoms with Crippen molar-refractivity contribution in [3.05, 3.63) is 18.7 Å². The third-order valence-corrected chi connectivity index (χ3v) is 2.06. The van der Waals surface area contributed by atoms with E-state index < -0.39 is 0 Å². The van der Waals surface area contributed by atoms with Crippen molar-refractivity contribution in [2.45, 2.75) is 26.8 Å². The molecule has 1 rings (SSSR count). The van der Waals surface area contributed by atoms with Gasteiger partial charge >= 0.3 is 0 Å². The Labute approximate surface area is 97.0 Å². The molecule has 0 atom stereocenters. The van der Waals surface area contributed by atoms with Crippen LogP contribution in [0.1, 0.15) is 20.3 Å². The summed E-state index contributed by atoms with van der Waals surface area (Å²) in [5, 5.41) is 6.50. The smallest absolute Gasteiger partial charge is 0.191 e. The Hall–Kier alpha value is -1.52. The highest BCUT2D eigenvalue weighted by atomic mass is 15.2. The van der Waals surface area contributed by atoms with E-state index in [1.807, 2.05) is 17.1 Å². The largest absolute Gasteiger partial charge is 0.357 e. The molecule has 16 heavy (non-hydrogen) atoms. The average Bonchev–Trinajstić information content (AvgIpc) is 2.79. The van der Waals surface area contributed by atoms with Crippen LogP contribution < -0.4 is 10.6 Å². The van der Waals surface area contributed by atoms with Crippen LogP contribution in [0.25, 0.3) is 0 Å². The van der Waals surface area contributed by atoms with E-state index in [0.29, 0.717) is 0 Å². The predicted octanol–water partition coefficient (Wildman–Crippen LogP) is 0.848. The van der Waals surface area contributed by atoms with Crippen LogP contribution in [0, 0.1) is 0 Å². The van der Waals surface area contributed by atoms with Crippen LogP contribution in [0.15, 0.2) is 23.7 Å². The molecule has 5 nitrogen and oxygen atoms in total. The highest BCUT2D eigenvalue weighted by Crippen LogP contribution is 1.84. The topological polar surface area (TPSA) is 54.2 Å². The van der Waals surface area contributed by atoms with Gasteiger partial charge in [0, 0.05) is 38.6 Å². The molecule has 0 spiro atoms. The third kappa shape index (κ3) is 4.82. The summed E-state index contributed by atoms with van der Waals surface area (Å²) in [5.74, 6) is 0.893. The van der Waals surface area contributed by atoms with E-state index >= 15 is 0 Å². The van der Waals surface area contributed by atoms with Crippen LogP contribution >= 0.6 is 0 Å². The van der Waals surface area contributed by atoms with Gasteiger partial charge in [-0.15, -0.1) is 0 Å². The van der Waals surface area contributed by atoms with Crippen molar-refractivity contribution in [1.82, 2.24) is 20.2 Å². The van der Waals surface area contributed by atoms with Gasteiger partial charge in [0.05, 0.1) is 6.33 Å². The number of guanidine groups is 1. The normalized spacial score (nSPS) is 11.5. The first-order chi connectivity index (χ1) is 7.86. The summed E-state index contributed by atoms with van der Waals surface area (Å²) in [6, 6.07) is 0. The van der Waals surface area contributed by atoms with Crippen LogP contribution in [0.3, 0.4) is 0 Å². The van der Waals surface area contributed by atoms with Gasteiger partial charge in [-0.1, -0.05) is 6.92 Å². The predicted molar refractivity (Wildman–Crippen MR) is 66.5 cm³/mol. The van der Waals surface area contributed by atoms with E-state index in [1.54, 1.807) is 6.20 Å². The molecule has 0 aliphatic rings. The van der Waals surface area contributed by atoms with E-state index in [1.165, 1.54) is 0 Å². The molecule has 0 aromatic carbocycles. The molecule has 0 aliphatic carbocycles. The molecule has 0 fully saturated rings. The summed E-state index contributed by atoms with van der Waals surface area (Å²) in [6.07, 6.45) is 6.63. The highest BCUT2D eigenvalue weighted by molar-refractivity contribution is 5.79. The van der Waals surface area contributed by atoms with Gasteiger partial charge in [0.1, 0.15) is 0 Å². The third-order valence-electron chi connectivity index (χ3n) is 2.06. The van der Waals surface area contributed by atoms with Gasteiger partial charge in [-0.2, -0.15) is 0 Å². The summed E-state index contributed by atoms with van der Waals surface area (Å²) in [4.78, 5) is 8.42. The molecule has 0 saturated carbocycles. The van der Waals surface area contributed by atoms with Crippen LogP contribution in [0.2, 0.25) is 0 Å². The molecule has 5 heteroatoms. The first kappa shape index (κ1) is 12.5. The Bertz CT molecular complexity index is 291. The zero-order chi connectivity index (χ0) is 11.6. The van der Waals surface area contributed by atoms with Crippen LogP contribution in [-0.2, 0) is 6.54 Å². The number of hydrogen-bond donors (Lipinski definition) is 2. The van der Waals surface area contributed by atoms with Gasteiger partial charge in [-0.25, -0.2) is 4.98 Å². The van der Waals surface area contributed by atoms with E-state index in [4.69, 9.17) is 0 Å². The van der Waals surface area contributed by atoms with E-state index in [0.717, 1.165) is 38.6 Å². The maximum absolute atomic E-state index is 4.42. The van der Waals surface area contributed by atoms with E-state index in [-0.39, 0.29) is 0 Å². The second-order valence-corrected chi connectivity index (χ2v) is 3.49. The van der Waals surface area contributed by atoms with Crippen molar-refractivity contribution in [3.63, 3.8) is 0 Å². The molecular weight excluding hydrogens is 202 g/mol. The molecule has 0 amide bonds. The van der Waals surface area contributed by atoms with E-state index in [2.05, 4.69) is 34.5 Å². The molecule has 1 heterocycles. The Balaban J connectivity index is 2.26. The van der Waals surface area contributed by atoms with Crippen molar-refractivity contribution < 1.29 is 0 Å². The van der Waals surface area contributed by atoms with Gasteiger partial charge in [0.15, 0.2) is 5.96 Å². The number of aliphatic imine (C=N–C) groups is 1. The zero-order valence-corrected chi connectivity index (χ0v) is 10.1. The maximum atomic E-state index is 4.42. The molecule has 0 unspecified atom stereocenters. The monoisotopic (exact) mass is 223 g/mol. The minimum Gasteiger partial charge on any atom is -0.357 e. The molecule has 1 aromatic rings. The quantitative estimate of drug-likeness (QED) is 0.555. The fourth-order valence-corrected chi connectivity index (χ4v) is 1.29.